The molecule has 1 aromatic carbocycles. The third-order valence-electron chi connectivity index (χ3n) is 4.48. The Bertz CT molecular complexity index is 979. The first-order valence-electron chi connectivity index (χ1n) is 8.64. The molecule has 0 atom stereocenters. The summed E-state index contributed by atoms with van der Waals surface area (Å²) >= 11 is 0. The van der Waals surface area contributed by atoms with Gasteiger partial charge in [0.2, 0.25) is 5.95 Å². The van der Waals surface area contributed by atoms with E-state index in [9.17, 15) is 13.2 Å². The topological polar surface area (TPSA) is 79.4 Å². The molecule has 9 heteroatoms. The highest BCUT2D eigenvalue weighted by Crippen LogP contribution is 2.37. The number of H-pyrrole nitrogens is 1. The van der Waals surface area contributed by atoms with Crippen LogP contribution in [0.1, 0.15) is 35.5 Å². The van der Waals surface area contributed by atoms with Gasteiger partial charge in [-0.2, -0.15) is 18.2 Å². The van der Waals surface area contributed by atoms with Crippen LogP contribution in [0.15, 0.2) is 24.3 Å². The molecule has 0 amide bonds. The van der Waals surface area contributed by atoms with Gasteiger partial charge >= 0.3 is 6.18 Å². The number of alkyl halides is 3. The lowest BCUT2D eigenvalue weighted by atomic mass is 9.96. The largest absolute Gasteiger partial charge is 0.417 e. The van der Waals surface area contributed by atoms with Gasteiger partial charge < -0.3 is 5.32 Å². The monoisotopic (exact) mass is 374 g/mol. The fourth-order valence-corrected chi connectivity index (χ4v) is 3.25. The molecule has 2 heterocycles. The zero-order valence-electron chi connectivity index (χ0n) is 14.6. The number of anilines is 2. The molecule has 0 saturated heterocycles. The molecule has 0 unspecified atom stereocenters. The number of nitrogens with zero attached hydrogens (tertiary/aromatic N) is 4. The summed E-state index contributed by atoms with van der Waals surface area (Å²) in [5.74, 6) is 1.47. The Hall–Kier alpha value is -2.97. The highest BCUT2D eigenvalue weighted by Gasteiger charge is 2.34. The van der Waals surface area contributed by atoms with Crippen molar-refractivity contribution < 1.29 is 13.2 Å². The molecule has 0 radical (unpaired) electrons. The van der Waals surface area contributed by atoms with Crippen molar-refractivity contribution in [2.75, 3.05) is 5.32 Å². The fourth-order valence-electron chi connectivity index (χ4n) is 3.25. The quantitative estimate of drug-likeness (QED) is 0.718. The third kappa shape index (κ3) is 3.49. The van der Waals surface area contributed by atoms with Crippen LogP contribution in [0.5, 0.6) is 0 Å². The van der Waals surface area contributed by atoms with E-state index in [0.717, 1.165) is 36.6 Å². The Labute approximate surface area is 153 Å². The summed E-state index contributed by atoms with van der Waals surface area (Å²) in [7, 11) is 0. The van der Waals surface area contributed by atoms with E-state index in [1.54, 1.807) is 13.0 Å². The van der Waals surface area contributed by atoms with E-state index >= 15 is 0 Å². The first-order chi connectivity index (χ1) is 12.9. The van der Waals surface area contributed by atoms with Gasteiger partial charge in [-0.3, -0.25) is 5.10 Å². The van der Waals surface area contributed by atoms with Gasteiger partial charge in [0, 0.05) is 16.8 Å². The molecule has 2 N–H and O–H groups in total. The number of halogens is 3. The van der Waals surface area contributed by atoms with E-state index in [1.807, 2.05) is 0 Å². The summed E-state index contributed by atoms with van der Waals surface area (Å²) in [6.45, 7) is 1.76. The van der Waals surface area contributed by atoms with Crippen LogP contribution in [0.4, 0.5) is 24.9 Å². The minimum absolute atomic E-state index is 0.0346. The molecule has 27 heavy (non-hydrogen) atoms. The number of aromatic amines is 1. The van der Waals surface area contributed by atoms with Gasteiger partial charge in [-0.15, -0.1) is 5.10 Å². The van der Waals surface area contributed by atoms with E-state index in [2.05, 4.69) is 30.5 Å². The molecule has 1 aliphatic carbocycles. The van der Waals surface area contributed by atoms with E-state index in [4.69, 9.17) is 0 Å². The first-order valence-corrected chi connectivity index (χ1v) is 8.64. The van der Waals surface area contributed by atoms with E-state index < -0.39 is 11.7 Å². The second-order valence-electron chi connectivity index (χ2n) is 6.44. The number of hydrogen-bond acceptors (Lipinski definition) is 5. The number of nitrogens with one attached hydrogen (secondary N) is 2. The number of hydrogen-bond donors (Lipinski definition) is 2. The second-order valence-corrected chi connectivity index (χ2v) is 6.44. The van der Waals surface area contributed by atoms with Crippen molar-refractivity contribution in [3.05, 3.63) is 46.9 Å². The maximum atomic E-state index is 13.4. The zero-order chi connectivity index (χ0) is 19.0. The van der Waals surface area contributed by atoms with Crippen LogP contribution in [-0.4, -0.2) is 25.1 Å². The molecule has 0 saturated carbocycles. The van der Waals surface area contributed by atoms with Gasteiger partial charge in [0.05, 0.1) is 5.56 Å². The lowest BCUT2D eigenvalue weighted by Gasteiger charge is -2.20. The normalized spacial score (nSPS) is 14.1. The molecule has 0 aliphatic heterocycles. The predicted octanol–water partition coefficient (Wildman–Crippen LogP) is 4.21. The fraction of sp³-hybridized carbons (Fsp3) is 0.333. The lowest BCUT2D eigenvalue weighted by molar-refractivity contribution is -0.137. The number of benzene rings is 1. The van der Waals surface area contributed by atoms with Crippen molar-refractivity contribution >= 4 is 11.8 Å². The molecule has 1 aliphatic rings. The van der Waals surface area contributed by atoms with Crippen LogP contribution < -0.4 is 5.32 Å². The molecule has 0 fully saturated rings. The Morgan fingerprint density at radius 1 is 1.04 bits per heavy atom. The zero-order valence-corrected chi connectivity index (χ0v) is 14.6. The summed E-state index contributed by atoms with van der Waals surface area (Å²) in [5, 5.41) is 9.80. The molecule has 3 aromatic rings. The summed E-state index contributed by atoms with van der Waals surface area (Å²) < 4.78 is 40.3. The maximum absolute atomic E-state index is 13.4. The van der Waals surface area contributed by atoms with Crippen LogP contribution in [0.25, 0.3) is 11.4 Å². The average molecular weight is 374 g/mol. The summed E-state index contributed by atoms with van der Waals surface area (Å²) in [6.07, 6.45) is -1.08. The third-order valence-corrected chi connectivity index (χ3v) is 4.48. The highest BCUT2D eigenvalue weighted by molar-refractivity contribution is 5.66. The Morgan fingerprint density at radius 3 is 2.56 bits per heavy atom. The molecular formula is C18H17F3N6. The standard InChI is InChI=1S/C18H17F3N6/c1-10-22-17(27-26-10)25-16-12-7-3-5-9-14(12)23-15(24-16)11-6-2-4-8-13(11)18(19,20)21/h2,4,6,8H,3,5,7,9H2,1H3,(H2,22,23,24,25,26,27). The van der Waals surface area contributed by atoms with Crippen LogP contribution in [0, 0.1) is 6.92 Å². The van der Waals surface area contributed by atoms with Crippen molar-refractivity contribution in [2.24, 2.45) is 0 Å². The smallest absolute Gasteiger partial charge is 0.307 e. The average Bonchev–Trinajstić information content (AvgIpc) is 3.06. The van der Waals surface area contributed by atoms with Gasteiger partial charge in [-0.1, -0.05) is 18.2 Å². The predicted molar refractivity (Wildman–Crippen MR) is 93.5 cm³/mol. The van der Waals surface area contributed by atoms with Crippen molar-refractivity contribution in [1.82, 2.24) is 25.1 Å². The maximum Gasteiger partial charge on any atom is 0.417 e. The molecule has 0 spiro atoms. The molecule has 4 rings (SSSR count). The van der Waals surface area contributed by atoms with Crippen molar-refractivity contribution in [1.29, 1.82) is 0 Å². The Balaban J connectivity index is 1.84. The molecule has 6 nitrogen and oxygen atoms in total. The van der Waals surface area contributed by atoms with Gasteiger partial charge in [0.25, 0.3) is 0 Å². The molecule has 140 valence electrons. The van der Waals surface area contributed by atoms with Crippen LogP contribution >= 0.6 is 0 Å². The summed E-state index contributed by atoms with van der Waals surface area (Å²) in [5.41, 5.74) is 0.906. The lowest BCUT2D eigenvalue weighted by Crippen LogP contribution is -2.14. The van der Waals surface area contributed by atoms with Crippen molar-refractivity contribution in [3.8, 4) is 11.4 Å². The van der Waals surface area contributed by atoms with Gasteiger partial charge in [-0.25, -0.2) is 9.97 Å². The summed E-state index contributed by atoms with van der Waals surface area (Å²) in [4.78, 5) is 13.1. The first kappa shape index (κ1) is 17.4. The minimum Gasteiger partial charge on any atom is -0.307 e. The number of aryl methyl sites for hydroxylation is 2. The van der Waals surface area contributed by atoms with Gasteiger partial charge in [-0.05, 0) is 38.7 Å². The van der Waals surface area contributed by atoms with Crippen molar-refractivity contribution in [3.63, 3.8) is 0 Å². The molecule has 2 aromatic heterocycles. The minimum atomic E-state index is -4.48. The number of rotatable bonds is 3. The Morgan fingerprint density at radius 2 is 1.81 bits per heavy atom. The number of aromatic nitrogens is 5. The summed E-state index contributed by atoms with van der Waals surface area (Å²) in [6, 6.07) is 5.36. The van der Waals surface area contributed by atoms with E-state index in [-0.39, 0.29) is 11.4 Å². The molecule has 0 bridgehead atoms. The van der Waals surface area contributed by atoms with Crippen LogP contribution in [0.2, 0.25) is 0 Å². The Kier molecular flexibility index (Phi) is 4.29. The van der Waals surface area contributed by atoms with Crippen LogP contribution in [-0.2, 0) is 19.0 Å². The van der Waals surface area contributed by atoms with E-state index in [0.29, 0.717) is 24.0 Å². The van der Waals surface area contributed by atoms with Gasteiger partial charge in [0.15, 0.2) is 5.82 Å². The number of fused-ring (bicyclic) bond motifs is 1. The SMILES string of the molecule is Cc1nc(Nc2nc(-c3ccccc3C(F)(F)F)nc3c2CCCC3)n[nH]1. The van der Waals surface area contributed by atoms with E-state index in [1.165, 1.54) is 12.1 Å². The highest BCUT2D eigenvalue weighted by atomic mass is 19.4. The van der Waals surface area contributed by atoms with Crippen LogP contribution in [0.3, 0.4) is 0 Å². The van der Waals surface area contributed by atoms with Gasteiger partial charge in [0.1, 0.15) is 11.6 Å². The molecular weight excluding hydrogens is 357 g/mol. The van der Waals surface area contributed by atoms with Crippen molar-refractivity contribution in [2.45, 2.75) is 38.8 Å². The second kappa shape index (κ2) is 6.64.